The second-order valence-electron chi connectivity index (χ2n) is 9.63. The van der Waals surface area contributed by atoms with Gasteiger partial charge in [-0.1, -0.05) is 32.9 Å². The van der Waals surface area contributed by atoms with E-state index in [-0.39, 0.29) is 5.04 Å². The standard InChI is InChI=1S/C20H32BNO3Si/c1-18(2,3)26(8,9)23-14-16-12-10-11-15(13-22)17(16)21-24-19(4,5)20(6,7)25-21/h10-12H,14H2,1-9H3. The molecule has 0 saturated carbocycles. The molecule has 0 bridgehead atoms. The Labute approximate surface area is 160 Å². The Kier molecular flexibility index (Phi) is 5.53. The topological polar surface area (TPSA) is 51.5 Å². The van der Waals surface area contributed by atoms with E-state index >= 15 is 0 Å². The van der Waals surface area contributed by atoms with Gasteiger partial charge in [-0.2, -0.15) is 5.26 Å². The zero-order valence-electron chi connectivity index (χ0n) is 17.7. The highest BCUT2D eigenvalue weighted by Crippen LogP contribution is 2.38. The third-order valence-electron chi connectivity index (χ3n) is 6.20. The fraction of sp³-hybridized carbons (Fsp3) is 0.650. The molecule has 0 N–H and O–H groups in total. The van der Waals surface area contributed by atoms with Gasteiger partial charge in [0.25, 0.3) is 0 Å². The van der Waals surface area contributed by atoms with Crippen molar-refractivity contribution in [2.45, 2.75) is 84.4 Å². The minimum Gasteiger partial charge on any atom is -0.413 e. The summed E-state index contributed by atoms with van der Waals surface area (Å²) in [6.45, 7) is 19.7. The second-order valence-corrected chi connectivity index (χ2v) is 14.4. The van der Waals surface area contributed by atoms with Gasteiger partial charge in [-0.15, -0.1) is 0 Å². The molecule has 0 radical (unpaired) electrons. The van der Waals surface area contributed by atoms with Crippen molar-refractivity contribution in [2.24, 2.45) is 0 Å². The van der Waals surface area contributed by atoms with Crippen molar-refractivity contribution in [3.8, 4) is 6.07 Å². The van der Waals surface area contributed by atoms with Crippen LogP contribution in [-0.2, 0) is 20.3 Å². The van der Waals surface area contributed by atoms with Crippen molar-refractivity contribution < 1.29 is 13.7 Å². The van der Waals surface area contributed by atoms with Crippen molar-refractivity contribution in [1.82, 2.24) is 0 Å². The lowest BCUT2D eigenvalue weighted by molar-refractivity contribution is 0.00578. The van der Waals surface area contributed by atoms with E-state index in [4.69, 9.17) is 13.7 Å². The second kappa shape index (κ2) is 6.79. The number of hydrogen-bond donors (Lipinski definition) is 0. The van der Waals surface area contributed by atoms with Crippen LogP contribution in [-0.4, -0.2) is 26.6 Å². The van der Waals surface area contributed by atoms with Crippen molar-refractivity contribution in [2.75, 3.05) is 0 Å². The van der Waals surface area contributed by atoms with Crippen molar-refractivity contribution in [3.05, 3.63) is 29.3 Å². The van der Waals surface area contributed by atoms with Crippen LogP contribution in [0.2, 0.25) is 18.1 Å². The summed E-state index contributed by atoms with van der Waals surface area (Å²) in [6.07, 6.45) is 0. The normalized spacial score (nSPS) is 19.5. The van der Waals surface area contributed by atoms with Crippen LogP contribution in [0.1, 0.15) is 59.6 Å². The molecule has 0 unspecified atom stereocenters. The van der Waals surface area contributed by atoms with E-state index in [9.17, 15) is 5.26 Å². The number of nitriles is 1. The predicted molar refractivity (Wildman–Crippen MR) is 109 cm³/mol. The number of benzene rings is 1. The summed E-state index contributed by atoms with van der Waals surface area (Å²) in [4.78, 5) is 0. The van der Waals surface area contributed by atoms with Gasteiger partial charge in [0.1, 0.15) is 0 Å². The van der Waals surface area contributed by atoms with Gasteiger partial charge in [-0.3, -0.25) is 0 Å². The molecular weight excluding hydrogens is 341 g/mol. The van der Waals surface area contributed by atoms with Crippen LogP contribution < -0.4 is 5.46 Å². The first kappa shape index (κ1) is 21.2. The number of nitrogens with zero attached hydrogens (tertiary/aromatic N) is 1. The fourth-order valence-corrected chi connectivity index (χ4v) is 3.50. The van der Waals surface area contributed by atoms with Crippen molar-refractivity contribution >= 4 is 20.9 Å². The highest BCUT2D eigenvalue weighted by atomic mass is 28.4. The quantitative estimate of drug-likeness (QED) is 0.735. The van der Waals surface area contributed by atoms with E-state index in [1.807, 2.05) is 45.9 Å². The van der Waals surface area contributed by atoms with E-state index in [0.717, 1.165) is 11.0 Å². The Bertz CT molecular complexity index is 701. The lowest BCUT2D eigenvalue weighted by Crippen LogP contribution is -2.43. The molecule has 0 aliphatic carbocycles. The van der Waals surface area contributed by atoms with Crippen LogP contribution in [0.4, 0.5) is 0 Å². The fourth-order valence-electron chi connectivity index (χ4n) is 2.55. The number of hydrogen-bond acceptors (Lipinski definition) is 4. The number of rotatable bonds is 4. The van der Waals surface area contributed by atoms with Crippen LogP contribution in [0.25, 0.3) is 0 Å². The lowest BCUT2D eigenvalue weighted by atomic mass is 9.73. The molecule has 0 atom stereocenters. The molecule has 1 fully saturated rings. The molecular formula is C20H32BNO3Si. The van der Waals surface area contributed by atoms with E-state index in [1.54, 1.807) is 0 Å². The van der Waals surface area contributed by atoms with Crippen LogP contribution in [0.15, 0.2) is 18.2 Å². The van der Waals surface area contributed by atoms with Gasteiger partial charge in [0.05, 0.1) is 29.4 Å². The highest BCUT2D eigenvalue weighted by Gasteiger charge is 2.53. The maximum absolute atomic E-state index is 9.63. The molecule has 0 spiro atoms. The molecule has 0 amide bonds. The molecule has 1 aliphatic heterocycles. The van der Waals surface area contributed by atoms with Gasteiger partial charge in [0.15, 0.2) is 8.32 Å². The van der Waals surface area contributed by atoms with Crippen molar-refractivity contribution in [1.29, 1.82) is 5.26 Å². The first-order valence-corrected chi connectivity index (χ1v) is 12.1. The molecule has 142 valence electrons. The lowest BCUT2D eigenvalue weighted by Gasteiger charge is -2.36. The Hall–Kier alpha value is -1.13. The summed E-state index contributed by atoms with van der Waals surface area (Å²) in [5.41, 5.74) is 1.45. The van der Waals surface area contributed by atoms with E-state index in [2.05, 4.69) is 39.9 Å². The summed E-state index contributed by atoms with van der Waals surface area (Å²) >= 11 is 0. The monoisotopic (exact) mass is 373 g/mol. The molecule has 4 nitrogen and oxygen atoms in total. The molecule has 1 heterocycles. The summed E-state index contributed by atoms with van der Waals surface area (Å²) in [5.74, 6) is 0. The SMILES string of the molecule is CC1(C)OB(c2c(C#N)cccc2CO[Si](C)(C)C(C)(C)C)OC1(C)C. The molecule has 6 heteroatoms. The molecule has 26 heavy (non-hydrogen) atoms. The van der Waals surface area contributed by atoms with E-state index in [0.29, 0.717) is 12.2 Å². The van der Waals surface area contributed by atoms with Gasteiger partial charge in [-0.25, -0.2) is 0 Å². The predicted octanol–water partition coefficient (Wildman–Crippen LogP) is 4.38. The minimum atomic E-state index is -1.90. The molecule has 2 rings (SSSR count). The zero-order valence-corrected chi connectivity index (χ0v) is 18.7. The Morgan fingerprint density at radius 3 is 2.12 bits per heavy atom. The highest BCUT2D eigenvalue weighted by molar-refractivity contribution is 6.74. The Morgan fingerprint density at radius 2 is 1.65 bits per heavy atom. The van der Waals surface area contributed by atoms with Gasteiger partial charge < -0.3 is 13.7 Å². The largest absolute Gasteiger partial charge is 0.496 e. The third kappa shape index (κ3) is 3.91. The molecule has 0 aromatic heterocycles. The van der Waals surface area contributed by atoms with Gasteiger partial charge >= 0.3 is 7.12 Å². The van der Waals surface area contributed by atoms with Crippen LogP contribution in [0.5, 0.6) is 0 Å². The average molecular weight is 373 g/mol. The first-order chi connectivity index (χ1) is 11.7. The van der Waals surface area contributed by atoms with Gasteiger partial charge in [0.2, 0.25) is 0 Å². The van der Waals surface area contributed by atoms with Crippen LogP contribution in [0.3, 0.4) is 0 Å². The van der Waals surface area contributed by atoms with Gasteiger partial charge in [-0.05, 0) is 57.5 Å². The maximum atomic E-state index is 9.63. The average Bonchev–Trinajstić information content (AvgIpc) is 2.71. The minimum absolute atomic E-state index is 0.129. The molecule has 1 saturated heterocycles. The van der Waals surface area contributed by atoms with E-state index in [1.165, 1.54) is 0 Å². The molecule has 1 aromatic carbocycles. The summed E-state index contributed by atoms with van der Waals surface area (Å²) in [7, 11) is -2.46. The Balaban J connectivity index is 2.38. The zero-order chi connectivity index (χ0) is 20.0. The smallest absolute Gasteiger partial charge is 0.413 e. The van der Waals surface area contributed by atoms with Gasteiger partial charge in [0, 0.05) is 5.46 Å². The summed E-state index contributed by atoms with van der Waals surface area (Å²) in [5, 5.41) is 9.76. The summed E-state index contributed by atoms with van der Waals surface area (Å²) < 4.78 is 18.8. The Morgan fingerprint density at radius 1 is 1.12 bits per heavy atom. The van der Waals surface area contributed by atoms with Crippen LogP contribution in [0, 0.1) is 11.3 Å². The maximum Gasteiger partial charge on any atom is 0.496 e. The summed E-state index contributed by atoms with van der Waals surface area (Å²) in [6, 6.07) is 8.02. The molecule has 1 aromatic rings. The third-order valence-corrected chi connectivity index (χ3v) is 10.7. The van der Waals surface area contributed by atoms with Crippen LogP contribution >= 0.6 is 0 Å². The van der Waals surface area contributed by atoms with E-state index < -0.39 is 26.6 Å². The first-order valence-electron chi connectivity index (χ1n) is 9.23. The van der Waals surface area contributed by atoms with Crippen molar-refractivity contribution in [3.63, 3.8) is 0 Å². The molecule has 1 aliphatic rings.